The molecule has 0 bridgehead atoms. The summed E-state index contributed by atoms with van der Waals surface area (Å²) in [4.78, 5) is 4.26. The van der Waals surface area contributed by atoms with Gasteiger partial charge < -0.3 is 10.5 Å². The van der Waals surface area contributed by atoms with Gasteiger partial charge in [-0.1, -0.05) is 0 Å². The van der Waals surface area contributed by atoms with Crippen LogP contribution in [0.3, 0.4) is 0 Å². The van der Waals surface area contributed by atoms with Crippen LogP contribution >= 0.6 is 15.9 Å². The highest BCUT2D eigenvalue weighted by atomic mass is 79.9. The molecule has 16 heavy (non-hydrogen) atoms. The average Bonchev–Trinajstić information content (AvgIpc) is 2.30. The van der Waals surface area contributed by atoms with Crippen molar-refractivity contribution in [3.05, 3.63) is 41.0 Å². The molecule has 0 atom stereocenters. The van der Waals surface area contributed by atoms with E-state index in [0.717, 1.165) is 21.5 Å². The second-order valence-electron chi connectivity index (χ2n) is 3.33. The maximum absolute atomic E-state index is 5.59. The lowest BCUT2D eigenvalue weighted by atomic mass is 10.1. The molecule has 0 fully saturated rings. The van der Waals surface area contributed by atoms with E-state index in [4.69, 9.17) is 10.5 Å². The first-order valence-electron chi connectivity index (χ1n) is 4.76. The van der Waals surface area contributed by atoms with Crippen molar-refractivity contribution in [3.8, 4) is 17.0 Å². The van der Waals surface area contributed by atoms with Crippen LogP contribution in [0.15, 0.2) is 41.0 Å². The Hall–Kier alpha value is -1.55. The monoisotopic (exact) mass is 278 g/mol. The standard InChI is InChI=1S/C12H11BrN2O/c1-16-12-5-2-8(6-10(12)13)11-4-3-9(14)7-15-11/h2-7H,14H2,1H3. The van der Waals surface area contributed by atoms with Crippen LogP contribution in [0.25, 0.3) is 11.3 Å². The van der Waals surface area contributed by atoms with Crippen LogP contribution in [0, 0.1) is 0 Å². The number of nitrogens with two attached hydrogens (primary N) is 1. The molecule has 0 saturated carbocycles. The number of aromatic nitrogens is 1. The van der Waals surface area contributed by atoms with Gasteiger partial charge in [-0.2, -0.15) is 0 Å². The fourth-order valence-corrected chi connectivity index (χ4v) is 1.94. The van der Waals surface area contributed by atoms with Crippen LogP contribution in [0.2, 0.25) is 0 Å². The largest absolute Gasteiger partial charge is 0.496 e. The van der Waals surface area contributed by atoms with Crippen molar-refractivity contribution in [1.82, 2.24) is 4.98 Å². The van der Waals surface area contributed by atoms with E-state index < -0.39 is 0 Å². The van der Waals surface area contributed by atoms with Gasteiger partial charge in [0.1, 0.15) is 5.75 Å². The summed E-state index contributed by atoms with van der Waals surface area (Å²) >= 11 is 3.44. The second-order valence-corrected chi connectivity index (χ2v) is 4.18. The Morgan fingerprint density at radius 2 is 2.06 bits per heavy atom. The van der Waals surface area contributed by atoms with Gasteiger partial charge in [-0.15, -0.1) is 0 Å². The molecule has 0 radical (unpaired) electrons. The maximum Gasteiger partial charge on any atom is 0.133 e. The van der Waals surface area contributed by atoms with Crippen LogP contribution < -0.4 is 10.5 Å². The fraction of sp³-hybridized carbons (Fsp3) is 0.0833. The molecule has 0 unspecified atom stereocenters. The number of halogens is 1. The van der Waals surface area contributed by atoms with Crippen molar-refractivity contribution >= 4 is 21.6 Å². The Morgan fingerprint density at radius 3 is 2.62 bits per heavy atom. The van der Waals surface area contributed by atoms with E-state index in [-0.39, 0.29) is 0 Å². The molecule has 1 aromatic carbocycles. The quantitative estimate of drug-likeness (QED) is 0.918. The van der Waals surface area contributed by atoms with Crippen LogP contribution in [0.5, 0.6) is 5.75 Å². The summed E-state index contributed by atoms with van der Waals surface area (Å²) in [6, 6.07) is 9.56. The predicted octanol–water partition coefficient (Wildman–Crippen LogP) is 3.10. The highest BCUT2D eigenvalue weighted by molar-refractivity contribution is 9.10. The Morgan fingerprint density at radius 1 is 1.25 bits per heavy atom. The number of hydrogen-bond donors (Lipinski definition) is 1. The van der Waals surface area contributed by atoms with Crippen LogP contribution in [-0.2, 0) is 0 Å². The molecule has 82 valence electrons. The number of ether oxygens (including phenoxy) is 1. The third-order valence-electron chi connectivity index (χ3n) is 2.23. The lowest BCUT2D eigenvalue weighted by Crippen LogP contribution is -1.89. The van der Waals surface area contributed by atoms with Crippen molar-refractivity contribution in [2.75, 3.05) is 12.8 Å². The molecule has 0 aliphatic heterocycles. The lowest BCUT2D eigenvalue weighted by molar-refractivity contribution is 0.412. The molecule has 1 heterocycles. The van der Waals surface area contributed by atoms with Crippen LogP contribution in [-0.4, -0.2) is 12.1 Å². The van der Waals surface area contributed by atoms with E-state index in [1.54, 1.807) is 13.3 Å². The summed E-state index contributed by atoms with van der Waals surface area (Å²) in [7, 11) is 1.64. The van der Waals surface area contributed by atoms with E-state index in [0.29, 0.717) is 5.69 Å². The minimum atomic E-state index is 0.663. The minimum Gasteiger partial charge on any atom is -0.496 e. The number of nitrogens with zero attached hydrogens (tertiary/aromatic N) is 1. The van der Waals surface area contributed by atoms with Gasteiger partial charge in [0, 0.05) is 5.56 Å². The molecule has 3 nitrogen and oxygen atoms in total. The molecule has 2 aromatic rings. The predicted molar refractivity (Wildman–Crippen MR) is 68.3 cm³/mol. The summed E-state index contributed by atoms with van der Waals surface area (Å²) in [6.07, 6.45) is 1.65. The number of methoxy groups -OCH3 is 1. The molecular weight excluding hydrogens is 268 g/mol. The molecule has 0 spiro atoms. The highest BCUT2D eigenvalue weighted by Gasteiger charge is 2.04. The summed E-state index contributed by atoms with van der Waals surface area (Å²) < 4.78 is 6.08. The summed E-state index contributed by atoms with van der Waals surface area (Å²) in [5.74, 6) is 0.805. The first-order valence-corrected chi connectivity index (χ1v) is 5.55. The SMILES string of the molecule is COc1ccc(-c2ccc(N)cn2)cc1Br. The van der Waals surface area contributed by atoms with Gasteiger partial charge in [-0.05, 0) is 46.3 Å². The van der Waals surface area contributed by atoms with Gasteiger partial charge in [0.15, 0.2) is 0 Å². The lowest BCUT2D eigenvalue weighted by Gasteiger charge is -2.06. The Balaban J connectivity index is 2.41. The third kappa shape index (κ3) is 2.17. The topological polar surface area (TPSA) is 48.1 Å². The highest BCUT2D eigenvalue weighted by Crippen LogP contribution is 2.29. The number of rotatable bonds is 2. The first kappa shape index (κ1) is 11.0. The number of anilines is 1. The normalized spacial score (nSPS) is 10.1. The van der Waals surface area contributed by atoms with Gasteiger partial charge in [-0.25, -0.2) is 0 Å². The van der Waals surface area contributed by atoms with Gasteiger partial charge in [0.05, 0.1) is 29.2 Å². The zero-order valence-corrected chi connectivity index (χ0v) is 10.4. The van der Waals surface area contributed by atoms with Crippen molar-refractivity contribution in [2.45, 2.75) is 0 Å². The minimum absolute atomic E-state index is 0.663. The van der Waals surface area contributed by atoms with Crippen LogP contribution in [0.1, 0.15) is 0 Å². The Kier molecular flexibility index (Phi) is 3.10. The summed E-state index contributed by atoms with van der Waals surface area (Å²) in [5.41, 5.74) is 8.16. The smallest absolute Gasteiger partial charge is 0.133 e. The van der Waals surface area contributed by atoms with Crippen molar-refractivity contribution in [2.24, 2.45) is 0 Å². The second kappa shape index (κ2) is 4.53. The Bertz CT molecular complexity index is 497. The van der Waals surface area contributed by atoms with Gasteiger partial charge in [-0.3, -0.25) is 4.98 Å². The number of nitrogen functional groups attached to an aromatic ring is 1. The van der Waals surface area contributed by atoms with Gasteiger partial charge in [0.2, 0.25) is 0 Å². The van der Waals surface area contributed by atoms with Crippen molar-refractivity contribution in [1.29, 1.82) is 0 Å². The number of hydrogen-bond acceptors (Lipinski definition) is 3. The van der Waals surface area contributed by atoms with Gasteiger partial charge in [0.25, 0.3) is 0 Å². The zero-order chi connectivity index (χ0) is 11.5. The molecule has 4 heteroatoms. The number of pyridine rings is 1. The van der Waals surface area contributed by atoms with E-state index in [1.807, 2.05) is 30.3 Å². The van der Waals surface area contributed by atoms with Crippen molar-refractivity contribution < 1.29 is 4.74 Å². The number of benzene rings is 1. The Labute approximate surface area is 102 Å². The van der Waals surface area contributed by atoms with E-state index >= 15 is 0 Å². The van der Waals surface area contributed by atoms with E-state index in [1.165, 1.54) is 0 Å². The molecular formula is C12H11BrN2O. The van der Waals surface area contributed by atoms with Gasteiger partial charge >= 0.3 is 0 Å². The molecule has 2 N–H and O–H groups in total. The summed E-state index contributed by atoms with van der Waals surface area (Å²) in [5, 5.41) is 0. The van der Waals surface area contributed by atoms with E-state index in [9.17, 15) is 0 Å². The zero-order valence-electron chi connectivity index (χ0n) is 8.77. The fourth-order valence-electron chi connectivity index (χ4n) is 1.40. The first-order chi connectivity index (χ1) is 7.70. The average molecular weight is 279 g/mol. The van der Waals surface area contributed by atoms with Crippen LogP contribution in [0.4, 0.5) is 5.69 Å². The van der Waals surface area contributed by atoms with E-state index in [2.05, 4.69) is 20.9 Å². The molecule has 2 rings (SSSR count). The summed E-state index contributed by atoms with van der Waals surface area (Å²) in [6.45, 7) is 0. The molecule has 0 saturated heterocycles. The maximum atomic E-state index is 5.59. The third-order valence-corrected chi connectivity index (χ3v) is 2.85. The molecule has 0 aliphatic carbocycles. The molecule has 1 aromatic heterocycles. The molecule has 0 amide bonds. The van der Waals surface area contributed by atoms with Crippen molar-refractivity contribution in [3.63, 3.8) is 0 Å². The molecule has 0 aliphatic rings.